The normalized spacial score (nSPS) is 10.9. The van der Waals surface area contributed by atoms with Crippen LogP contribution in [0.3, 0.4) is 0 Å². The molecule has 0 saturated heterocycles. The topological polar surface area (TPSA) is 17.0 Å². The molecule has 0 spiro atoms. The van der Waals surface area contributed by atoms with Gasteiger partial charge in [-0.3, -0.25) is 0 Å². The summed E-state index contributed by atoms with van der Waals surface area (Å²) in [7, 11) is 0. The Labute approximate surface area is 93.7 Å². The predicted molar refractivity (Wildman–Crippen MR) is 66.2 cm³/mol. The maximum atomic E-state index is 3.46. The van der Waals surface area contributed by atoms with Crippen LogP contribution in [0.5, 0.6) is 0 Å². The van der Waals surface area contributed by atoms with Gasteiger partial charge < -0.3 is 9.88 Å². The van der Waals surface area contributed by atoms with Gasteiger partial charge in [0.2, 0.25) is 0 Å². The largest absolute Gasteiger partial charge is 0.349 e. The van der Waals surface area contributed by atoms with Crippen molar-refractivity contribution < 1.29 is 0 Å². The van der Waals surface area contributed by atoms with Gasteiger partial charge in [0, 0.05) is 24.5 Å². The van der Waals surface area contributed by atoms with Gasteiger partial charge in [0.05, 0.1) is 0 Å². The smallest absolute Gasteiger partial charge is 0.0223 e. The molecule has 1 heterocycles. The van der Waals surface area contributed by atoms with Gasteiger partial charge >= 0.3 is 0 Å². The summed E-state index contributed by atoms with van der Waals surface area (Å²) >= 11 is 0. The maximum absolute atomic E-state index is 3.46. The first-order valence-corrected chi connectivity index (χ1v) is 6.07. The van der Waals surface area contributed by atoms with Gasteiger partial charge in [0.25, 0.3) is 0 Å². The number of nitrogens with zero attached hydrogens (tertiary/aromatic N) is 1. The average Bonchev–Trinajstić information content (AvgIpc) is 2.47. The molecular weight excluding hydrogens is 184 g/mol. The van der Waals surface area contributed by atoms with Gasteiger partial charge in [-0.1, -0.05) is 13.8 Å². The van der Waals surface area contributed by atoms with E-state index in [1.54, 1.807) is 0 Å². The van der Waals surface area contributed by atoms with E-state index in [1.165, 1.54) is 29.8 Å². The highest BCUT2D eigenvalue weighted by Crippen LogP contribution is 2.15. The van der Waals surface area contributed by atoms with Crippen LogP contribution in [0.15, 0.2) is 6.07 Å². The Morgan fingerprint density at radius 2 is 1.93 bits per heavy atom. The van der Waals surface area contributed by atoms with Gasteiger partial charge in [-0.25, -0.2) is 0 Å². The molecule has 0 fully saturated rings. The van der Waals surface area contributed by atoms with Crippen LogP contribution in [0.2, 0.25) is 0 Å². The van der Waals surface area contributed by atoms with Crippen LogP contribution in [0, 0.1) is 13.8 Å². The molecule has 0 amide bonds. The maximum Gasteiger partial charge on any atom is 0.0223 e. The summed E-state index contributed by atoms with van der Waals surface area (Å²) in [5, 5.41) is 3.46. The second-order valence-corrected chi connectivity index (χ2v) is 4.22. The summed E-state index contributed by atoms with van der Waals surface area (Å²) in [5.41, 5.74) is 4.27. The van der Waals surface area contributed by atoms with Crippen molar-refractivity contribution in [3.05, 3.63) is 23.0 Å². The molecule has 0 unspecified atom stereocenters. The fourth-order valence-electron chi connectivity index (χ4n) is 2.02. The fraction of sp³-hybridized carbons (Fsp3) is 0.692. The standard InChI is InChI=1S/C13H24N2/c1-5-7-14-10-13-9-11(3)15(8-6-2)12(13)4/h9,14H,5-8,10H2,1-4H3. The Hall–Kier alpha value is -0.760. The first kappa shape index (κ1) is 12.3. The van der Waals surface area contributed by atoms with E-state index in [4.69, 9.17) is 0 Å². The first-order chi connectivity index (χ1) is 7.20. The third-order valence-electron chi connectivity index (χ3n) is 2.87. The third-order valence-corrected chi connectivity index (χ3v) is 2.87. The molecule has 0 bridgehead atoms. The van der Waals surface area contributed by atoms with Crippen LogP contribution in [-0.2, 0) is 13.1 Å². The van der Waals surface area contributed by atoms with E-state index in [1.807, 2.05) is 0 Å². The average molecular weight is 208 g/mol. The molecule has 0 saturated carbocycles. The van der Waals surface area contributed by atoms with Crippen molar-refractivity contribution in [2.24, 2.45) is 0 Å². The van der Waals surface area contributed by atoms with Crippen LogP contribution in [0.1, 0.15) is 43.6 Å². The van der Waals surface area contributed by atoms with Gasteiger partial charge in [-0.05, 0) is 44.9 Å². The number of hydrogen-bond acceptors (Lipinski definition) is 1. The number of aromatic nitrogens is 1. The molecule has 1 rings (SSSR count). The van der Waals surface area contributed by atoms with Crippen molar-refractivity contribution in [2.75, 3.05) is 6.54 Å². The van der Waals surface area contributed by atoms with E-state index in [-0.39, 0.29) is 0 Å². The summed E-state index contributed by atoms with van der Waals surface area (Å²) in [6.45, 7) is 12.1. The van der Waals surface area contributed by atoms with Crippen molar-refractivity contribution in [1.29, 1.82) is 0 Å². The lowest BCUT2D eigenvalue weighted by molar-refractivity contribution is 0.636. The van der Waals surface area contributed by atoms with E-state index in [0.717, 1.165) is 19.6 Å². The van der Waals surface area contributed by atoms with Crippen LogP contribution >= 0.6 is 0 Å². The predicted octanol–water partition coefficient (Wildman–Crippen LogP) is 3.01. The minimum atomic E-state index is 1.01. The summed E-state index contributed by atoms with van der Waals surface area (Å²) in [6, 6.07) is 2.31. The highest BCUT2D eigenvalue weighted by Gasteiger charge is 2.07. The first-order valence-electron chi connectivity index (χ1n) is 6.07. The third kappa shape index (κ3) is 3.10. The van der Waals surface area contributed by atoms with Gasteiger partial charge in [-0.2, -0.15) is 0 Å². The molecule has 0 aliphatic heterocycles. The Kier molecular flexibility index (Phi) is 4.89. The highest BCUT2D eigenvalue weighted by molar-refractivity contribution is 5.26. The molecule has 1 N–H and O–H groups in total. The fourth-order valence-corrected chi connectivity index (χ4v) is 2.02. The van der Waals surface area contributed by atoms with E-state index < -0.39 is 0 Å². The Morgan fingerprint density at radius 1 is 1.20 bits per heavy atom. The van der Waals surface area contributed by atoms with Crippen LogP contribution in [0.25, 0.3) is 0 Å². The van der Waals surface area contributed by atoms with E-state index in [9.17, 15) is 0 Å². The van der Waals surface area contributed by atoms with E-state index >= 15 is 0 Å². The number of rotatable bonds is 6. The van der Waals surface area contributed by atoms with Gasteiger partial charge in [0.15, 0.2) is 0 Å². The molecule has 1 aromatic rings. The molecule has 2 heteroatoms. The lowest BCUT2D eigenvalue weighted by Crippen LogP contribution is -2.14. The van der Waals surface area contributed by atoms with Crippen molar-refractivity contribution in [2.45, 2.75) is 53.6 Å². The quantitative estimate of drug-likeness (QED) is 0.711. The zero-order valence-corrected chi connectivity index (χ0v) is 10.6. The molecule has 15 heavy (non-hydrogen) atoms. The second-order valence-electron chi connectivity index (χ2n) is 4.22. The lowest BCUT2D eigenvalue weighted by atomic mass is 10.2. The zero-order chi connectivity index (χ0) is 11.3. The molecule has 0 aromatic carbocycles. The number of nitrogens with one attached hydrogen (secondary N) is 1. The summed E-state index contributed by atoms with van der Waals surface area (Å²) in [4.78, 5) is 0. The molecule has 86 valence electrons. The minimum Gasteiger partial charge on any atom is -0.349 e. The zero-order valence-electron chi connectivity index (χ0n) is 10.6. The Bertz CT molecular complexity index is 300. The SMILES string of the molecule is CCCNCc1cc(C)n(CCC)c1C. The van der Waals surface area contributed by atoms with E-state index in [0.29, 0.717) is 0 Å². The van der Waals surface area contributed by atoms with Crippen LogP contribution < -0.4 is 5.32 Å². The summed E-state index contributed by atoms with van der Waals surface area (Å²) in [5.74, 6) is 0. The van der Waals surface area contributed by atoms with Crippen molar-refractivity contribution in [3.8, 4) is 0 Å². The lowest BCUT2D eigenvalue weighted by Gasteiger charge is -2.08. The number of aryl methyl sites for hydroxylation is 1. The molecule has 0 aliphatic carbocycles. The Balaban J connectivity index is 2.68. The van der Waals surface area contributed by atoms with Crippen LogP contribution in [-0.4, -0.2) is 11.1 Å². The molecule has 0 aliphatic rings. The summed E-state index contributed by atoms with van der Waals surface area (Å²) in [6.07, 6.45) is 2.41. The van der Waals surface area contributed by atoms with Crippen LogP contribution in [0.4, 0.5) is 0 Å². The second kappa shape index (κ2) is 5.96. The van der Waals surface area contributed by atoms with Crippen molar-refractivity contribution in [1.82, 2.24) is 9.88 Å². The summed E-state index contributed by atoms with van der Waals surface area (Å²) < 4.78 is 2.42. The van der Waals surface area contributed by atoms with Crippen molar-refractivity contribution >= 4 is 0 Å². The number of hydrogen-bond donors (Lipinski definition) is 1. The molecule has 1 aromatic heterocycles. The molecular formula is C13H24N2. The van der Waals surface area contributed by atoms with E-state index in [2.05, 4.69) is 43.6 Å². The van der Waals surface area contributed by atoms with Crippen molar-refractivity contribution in [3.63, 3.8) is 0 Å². The van der Waals surface area contributed by atoms with Gasteiger partial charge in [-0.15, -0.1) is 0 Å². The molecule has 2 nitrogen and oxygen atoms in total. The molecule has 0 radical (unpaired) electrons. The monoisotopic (exact) mass is 208 g/mol. The minimum absolute atomic E-state index is 1.01. The Morgan fingerprint density at radius 3 is 2.53 bits per heavy atom. The highest BCUT2D eigenvalue weighted by atomic mass is 15.0. The van der Waals surface area contributed by atoms with Gasteiger partial charge in [0.1, 0.15) is 0 Å². The molecule has 0 atom stereocenters.